The van der Waals surface area contributed by atoms with Crippen LogP contribution in [0.1, 0.15) is 22.9 Å². The van der Waals surface area contributed by atoms with Crippen LogP contribution in [-0.4, -0.2) is 9.97 Å². The van der Waals surface area contributed by atoms with Crippen molar-refractivity contribution in [3.8, 4) is 0 Å². The van der Waals surface area contributed by atoms with E-state index in [2.05, 4.69) is 47.3 Å². The van der Waals surface area contributed by atoms with Crippen LogP contribution in [0.25, 0.3) is 0 Å². The molecule has 0 fully saturated rings. The highest BCUT2D eigenvalue weighted by molar-refractivity contribution is 9.11. The Morgan fingerprint density at radius 1 is 1.21 bits per heavy atom. The molecule has 0 saturated carbocycles. The van der Waals surface area contributed by atoms with E-state index in [4.69, 9.17) is 11.6 Å². The number of hydrazine groups is 1. The third kappa shape index (κ3) is 3.11. The Kier molecular flexibility index (Phi) is 4.51. The maximum Gasteiger partial charge on any atom is 0.128 e. The number of rotatable bonds is 3. The summed E-state index contributed by atoms with van der Waals surface area (Å²) in [5.74, 6) is 6.09. The van der Waals surface area contributed by atoms with E-state index in [0.29, 0.717) is 5.82 Å². The number of nitrogens with two attached hydrogens (primary N) is 2. The van der Waals surface area contributed by atoms with Gasteiger partial charge in [0.05, 0.1) is 11.7 Å². The lowest BCUT2D eigenvalue weighted by molar-refractivity contribution is 0.617. The average Bonchev–Trinajstić information content (AvgIpc) is 2.36. The molecule has 0 radical (unpaired) electrons. The number of hydrogen-bond donors (Lipinski definition) is 3. The zero-order valence-corrected chi connectivity index (χ0v) is 13.4. The zero-order chi connectivity index (χ0) is 14.0. The van der Waals surface area contributed by atoms with Gasteiger partial charge in [-0.05, 0) is 56.5 Å². The van der Waals surface area contributed by atoms with E-state index in [1.807, 2.05) is 19.1 Å². The number of pyridine rings is 2. The topological polar surface area (TPSA) is 89.8 Å². The first kappa shape index (κ1) is 14.4. The molecule has 0 aliphatic rings. The highest BCUT2D eigenvalue weighted by Crippen LogP contribution is 2.30. The van der Waals surface area contributed by atoms with Gasteiger partial charge in [-0.15, -0.1) is 0 Å². The van der Waals surface area contributed by atoms with Gasteiger partial charge in [-0.1, -0.05) is 0 Å². The Hall–Kier alpha value is -1.02. The highest BCUT2D eigenvalue weighted by Gasteiger charge is 2.20. The molecule has 0 saturated heterocycles. The summed E-state index contributed by atoms with van der Waals surface area (Å²) in [6.07, 6.45) is 3.43. The Morgan fingerprint density at radius 3 is 2.58 bits per heavy atom. The predicted molar refractivity (Wildman–Crippen MR) is 82.2 cm³/mol. The SMILES string of the molecule is Cc1cnc(N)c(C(NN)c2ncc(Br)cc2Br)c1. The molecule has 2 aromatic rings. The molecule has 5 nitrogen and oxygen atoms in total. The van der Waals surface area contributed by atoms with Gasteiger partial charge in [-0.3, -0.25) is 10.8 Å². The second-order valence-electron chi connectivity index (χ2n) is 4.11. The maximum absolute atomic E-state index is 5.92. The molecule has 2 aromatic heterocycles. The van der Waals surface area contributed by atoms with Gasteiger partial charge in [0.25, 0.3) is 0 Å². The van der Waals surface area contributed by atoms with E-state index >= 15 is 0 Å². The summed E-state index contributed by atoms with van der Waals surface area (Å²) in [5.41, 5.74) is 11.2. The molecule has 0 aromatic carbocycles. The van der Waals surface area contributed by atoms with E-state index in [0.717, 1.165) is 25.8 Å². The number of halogens is 2. The first-order chi connectivity index (χ1) is 9.02. The summed E-state index contributed by atoms with van der Waals surface area (Å²) in [6.45, 7) is 1.95. The van der Waals surface area contributed by atoms with Gasteiger partial charge in [0, 0.05) is 26.9 Å². The fourth-order valence-corrected chi connectivity index (χ4v) is 3.00. The molecule has 19 heavy (non-hydrogen) atoms. The third-order valence-corrected chi connectivity index (χ3v) is 3.74. The number of nitrogens with zero attached hydrogens (tertiary/aromatic N) is 2. The Balaban J connectivity index is 2.52. The number of aromatic nitrogens is 2. The van der Waals surface area contributed by atoms with Crippen molar-refractivity contribution >= 4 is 37.7 Å². The minimum absolute atomic E-state index is 0.324. The molecule has 0 aliphatic heterocycles. The van der Waals surface area contributed by atoms with E-state index in [9.17, 15) is 0 Å². The monoisotopic (exact) mass is 385 g/mol. The van der Waals surface area contributed by atoms with Crippen molar-refractivity contribution in [3.05, 3.63) is 50.3 Å². The van der Waals surface area contributed by atoms with Crippen molar-refractivity contribution in [2.75, 3.05) is 5.73 Å². The molecule has 2 rings (SSSR count). The predicted octanol–water partition coefficient (Wildman–Crippen LogP) is 2.44. The second kappa shape index (κ2) is 5.96. The molecule has 0 bridgehead atoms. The Morgan fingerprint density at radius 2 is 1.95 bits per heavy atom. The molecule has 1 unspecified atom stereocenters. The van der Waals surface area contributed by atoms with Gasteiger partial charge in [0.1, 0.15) is 5.82 Å². The van der Waals surface area contributed by atoms with Crippen molar-refractivity contribution in [3.63, 3.8) is 0 Å². The molecule has 5 N–H and O–H groups in total. The Labute approximate surface area is 128 Å². The van der Waals surface area contributed by atoms with E-state index < -0.39 is 0 Å². The van der Waals surface area contributed by atoms with E-state index in [-0.39, 0.29) is 6.04 Å². The van der Waals surface area contributed by atoms with Crippen LogP contribution in [0.5, 0.6) is 0 Å². The third-order valence-electron chi connectivity index (χ3n) is 2.67. The van der Waals surface area contributed by atoms with Crippen LogP contribution in [0.2, 0.25) is 0 Å². The van der Waals surface area contributed by atoms with Crippen LogP contribution in [0, 0.1) is 6.92 Å². The summed E-state index contributed by atoms with van der Waals surface area (Å²) >= 11 is 6.85. The van der Waals surface area contributed by atoms with Crippen LogP contribution in [0.15, 0.2) is 33.5 Å². The van der Waals surface area contributed by atoms with Gasteiger partial charge in [-0.25, -0.2) is 10.4 Å². The van der Waals surface area contributed by atoms with E-state index in [1.54, 1.807) is 12.4 Å². The lowest BCUT2D eigenvalue weighted by atomic mass is 10.0. The molecule has 0 aliphatic carbocycles. The minimum Gasteiger partial charge on any atom is -0.383 e. The van der Waals surface area contributed by atoms with Crippen molar-refractivity contribution in [1.82, 2.24) is 15.4 Å². The van der Waals surface area contributed by atoms with Crippen molar-refractivity contribution in [2.24, 2.45) is 5.84 Å². The minimum atomic E-state index is -0.324. The van der Waals surface area contributed by atoms with Gasteiger partial charge in [-0.2, -0.15) is 0 Å². The first-order valence-corrected chi connectivity index (χ1v) is 7.10. The maximum atomic E-state index is 5.92. The van der Waals surface area contributed by atoms with Gasteiger partial charge < -0.3 is 5.73 Å². The quantitative estimate of drug-likeness (QED) is 0.556. The molecular formula is C12H13Br2N5. The van der Waals surface area contributed by atoms with Crippen LogP contribution < -0.4 is 17.0 Å². The normalized spacial score (nSPS) is 12.4. The second-order valence-corrected chi connectivity index (χ2v) is 5.88. The molecule has 0 spiro atoms. The van der Waals surface area contributed by atoms with Gasteiger partial charge >= 0.3 is 0 Å². The number of nitrogen functional groups attached to an aromatic ring is 1. The fourth-order valence-electron chi connectivity index (χ4n) is 1.79. The van der Waals surface area contributed by atoms with Crippen LogP contribution in [-0.2, 0) is 0 Å². The summed E-state index contributed by atoms with van der Waals surface area (Å²) in [5, 5.41) is 0. The standard InChI is InChI=1S/C12H13Br2N5/c1-6-2-8(12(15)18-4-6)10(19-16)11-9(14)3-7(13)5-17-11/h2-5,10,19H,16H2,1H3,(H2,15,18). The number of aryl methyl sites for hydroxylation is 1. The fraction of sp³-hybridized carbons (Fsp3) is 0.167. The average molecular weight is 387 g/mol. The van der Waals surface area contributed by atoms with Crippen molar-refractivity contribution < 1.29 is 0 Å². The summed E-state index contributed by atoms with van der Waals surface area (Å²) < 4.78 is 1.72. The smallest absolute Gasteiger partial charge is 0.128 e. The van der Waals surface area contributed by atoms with E-state index in [1.165, 1.54) is 0 Å². The number of anilines is 1. The molecule has 100 valence electrons. The number of nitrogens with one attached hydrogen (secondary N) is 1. The van der Waals surface area contributed by atoms with Crippen LogP contribution in [0.4, 0.5) is 5.82 Å². The lowest BCUT2D eigenvalue weighted by Crippen LogP contribution is -2.30. The largest absolute Gasteiger partial charge is 0.383 e. The molecular weight excluding hydrogens is 374 g/mol. The molecule has 1 atom stereocenters. The Bertz CT molecular complexity index is 603. The van der Waals surface area contributed by atoms with Gasteiger partial charge in [0.2, 0.25) is 0 Å². The molecule has 0 amide bonds. The van der Waals surface area contributed by atoms with Crippen LogP contribution >= 0.6 is 31.9 Å². The summed E-state index contributed by atoms with van der Waals surface area (Å²) in [4.78, 5) is 8.53. The van der Waals surface area contributed by atoms with Crippen molar-refractivity contribution in [2.45, 2.75) is 13.0 Å². The lowest BCUT2D eigenvalue weighted by Gasteiger charge is -2.19. The summed E-state index contributed by atoms with van der Waals surface area (Å²) in [7, 11) is 0. The highest BCUT2D eigenvalue weighted by atomic mass is 79.9. The summed E-state index contributed by atoms with van der Waals surface area (Å²) in [6, 6.07) is 3.53. The molecule has 7 heteroatoms. The number of hydrogen-bond acceptors (Lipinski definition) is 5. The van der Waals surface area contributed by atoms with Crippen molar-refractivity contribution in [1.29, 1.82) is 0 Å². The zero-order valence-electron chi connectivity index (χ0n) is 10.2. The molecule has 2 heterocycles. The van der Waals surface area contributed by atoms with Gasteiger partial charge in [0.15, 0.2) is 0 Å². The van der Waals surface area contributed by atoms with Crippen LogP contribution in [0.3, 0.4) is 0 Å². The first-order valence-electron chi connectivity index (χ1n) is 5.52.